The van der Waals surface area contributed by atoms with Crippen molar-refractivity contribution in [1.29, 1.82) is 0 Å². The van der Waals surface area contributed by atoms with E-state index in [0.29, 0.717) is 0 Å². The summed E-state index contributed by atoms with van der Waals surface area (Å²) >= 11 is 0. The molecule has 0 aliphatic carbocycles. The average Bonchev–Trinajstić information content (AvgIpc) is 2.53. The molecule has 1 aromatic carbocycles. The van der Waals surface area contributed by atoms with Crippen molar-refractivity contribution >= 4 is 0 Å². The number of unbranched alkanes of at least 4 members (excludes halogenated alkanes) is 9. The largest absolute Gasteiger partial charge is 0.382 e. The second-order valence-corrected chi connectivity index (χ2v) is 5.97. The molecular weight excluding hydrogens is 256 g/mol. The molecule has 1 rings (SSSR count). The lowest BCUT2D eigenvalue weighted by Crippen LogP contribution is -1.92. The number of benzene rings is 1. The van der Waals surface area contributed by atoms with Crippen LogP contribution in [-0.4, -0.2) is 13.2 Å². The molecule has 1 aromatic rings. The second-order valence-electron chi connectivity index (χ2n) is 5.97. The lowest BCUT2D eigenvalue weighted by Gasteiger charge is -2.03. The third-order valence-corrected chi connectivity index (χ3v) is 4.05. The standard InChI is InChI=1S/C20H34O/c1-2-21-19-15-10-8-6-4-3-5-7-9-12-16-20-17-13-11-14-18-20/h11,13-14,17-18H,2-10,12,15-16,19H2,1H3. The van der Waals surface area contributed by atoms with Gasteiger partial charge >= 0.3 is 0 Å². The van der Waals surface area contributed by atoms with E-state index in [-0.39, 0.29) is 0 Å². The third-order valence-electron chi connectivity index (χ3n) is 4.05. The first-order valence-corrected chi connectivity index (χ1v) is 9.05. The molecule has 0 radical (unpaired) electrons. The normalized spacial score (nSPS) is 10.9. The molecule has 0 bridgehead atoms. The van der Waals surface area contributed by atoms with E-state index in [4.69, 9.17) is 4.74 Å². The number of aryl methyl sites for hydroxylation is 1. The van der Waals surface area contributed by atoms with Crippen molar-refractivity contribution in [3.8, 4) is 0 Å². The SMILES string of the molecule is CCOCCCCCCCCCCCCc1ccccc1. The Morgan fingerprint density at radius 2 is 1.19 bits per heavy atom. The Balaban J connectivity index is 1.75. The van der Waals surface area contributed by atoms with Gasteiger partial charge in [-0.25, -0.2) is 0 Å². The van der Waals surface area contributed by atoms with E-state index in [1.165, 1.54) is 76.2 Å². The molecule has 0 aliphatic rings. The van der Waals surface area contributed by atoms with Gasteiger partial charge in [0, 0.05) is 13.2 Å². The Labute approximate surface area is 132 Å². The maximum atomic E-state index is 5.35. The molecule has 0 aromatic heterocycles. The Kier molecular flexibility index (Phi) is 12.3. The Morgan fingerprint density at radius 3 is 1.76 bits per heavy atom. The van der Waals surface area contributed by atoms with Crippen LogP contribution in [0.1, 0.15) is 76.7 Å². The van der Waals surface area contributed by atoms with Crippen molar-refractivity contribution in [1.82, 2.24) is 0 Å². The molecule has 0 heterocycles. The molecular formula is C20H34O. The van der Waals surface area contributed by atoms with Gasteiger partial charge in [-0.15, -0.1) is 0 Å². The van der Waals surface area contributed by atoms with Gasteiger partial charge in [0.25, 0.3) is 0 Å². The Morgan fingerprint density at radius 1 is 0.667 bits per heavy atom. The van der Waals surface area contributed by atoms with Gasteiger partial charge in [-0.3, -0.25) is 0 Å². The van der Waals surface area contributed by atoms with E-state index in [1.54, 1.807) is 0 Å². The van der Waals surface area contributed by atoms with Gasteiger partial charge in [-0.2, -0.15) is 0 Å². The first kappa shape index (κ1) is 18.2. The molecule has 0 aliphatic heterocycles. The quantitative estimate of drug-likeness (QED) is 0.372. The summed E-state index contributed by atoms with van der Waals surface area (Å²) in [6, 6.07) is 10.9. The maximum Gasteiger partial charge on any atom is 0.0465 e. The number of ether oxygens (including phenoxy) is 1. The summed E-state index contributed by atoms with van der Waals surface area (Å²) in [6.45, 7) is 3.89. The smallest absolute Gasteiger partial charge is 0.0465 e. The van der Waals surface area contributed by atoms with Crippen LogP contribution >= 0.6 is 0 Å². The predicted molar refractivity (Wildman–Crippen MR) is 92.8 cm³/mol. The first-order chi connectivity index (χ1) is 10.4. The van der Waals surface area contributed by atoms with Crippen molar-refractivity contribution in [3.05, 3.63) is 35.9 Å². The average molecular weight is 290 g/mol. The van der Waals surface area contributed by atoms with E-state index in [1.807, 2.05) is 0 Å². The van der Waals surface area contributed by atoms with Crippen molar-refractivity contribution in [2.24, 2.45) is 0 Å². The van der Waals surface area contributed by atoms with E-state index in [2.05, 4.69) is 37.3 Å². The highest BCUT2D eigenvalue weighted by Crippen LogP contribution is 2.12. The van der Waals surface area contributed by atoms with E-state index in [0.717, 1.165) is 13.2 Å². The van der Waals surface area contributed by atoms with Crippen LogP contribution in [0.5, 0.6) is 0 Å². The molecule has 0 saturated heterocycles. The zero-order chi connectivity index (χ0) is 15.0. The van der Waals surface area contributed by atoms with Gasteiger partial charge in [-0.05, 0) is 31.7 Å². The molecule has 0 fully saturated rings. The van der Waals surface area contributed by atoms with Crippen LogP contribution in [0.15, 0.2) is 30.3 Å². The van der Waals surface area contributed by atoms with Crippen LogP contribution in [-0.2, 0) is 11.2 Å². The van der Waals surface area contributed by atoms with Crippen LogP contribution in [0.2, 0.25) is 0 Å². The van der Waals surface area contributed by atoms with Crippen LogP contribution in [0, 0.1) is 0 Å². The van der Waals surface area contributed by atoms with Gasteiger partial charge in [0.1, 0.15) is 0 Å². The van der Waals surface area contributed by atoms with E-state index >= 15 is 0 Å². The first-order valence-electron chi connectivity index (χ1n) is 9.05. The molecule has 0 N–H and O–H groups in total. The van der Waals surface area contributed by atoms with Gasteiger partial charge in [0.2, 0.25) is 0 Å². The van der Waals surface area contributed by atoms with Crippen LogP contribution in [0.4, 0.5) is 0 Å². The predicted octanol–water partition coefficient (Wildman–Crippen LogP) is 6.17. The van der Waals surface area contributed by atoms with Crippen molar-refractivity contribution in [3.63, 3.8) is 0 Å². The van der Waals surface area contributed by atoms with E-state index in [9.17, 15) is 0 Å². The minimum Gasteiger partial charge on any atom is -0.382 e. The molecule has 120 valence electrons. The zero-order valence-electron chi connectivity index (χ0n) is 14.0. The summed E-state index contributed by atoms with van der Waals surface area (Å²) in [7, 11) is 0. The van der Waals surface area contributed by atoms with Gasteiger partial charge < -0.3 is 4.74 Å². The minimum absolute atomic E-state index is 0.865. The van der Waals surface area contributed by atoms with Crippen LogP contribution in [0.3, 0.4) is 0 Å². The molecule has 0 amide bonds. The fourth-order valence-electron chi connectivity index (χ4n) is 2.74. The summed E-state index contributed by atoms with van der Waals surface area (Å²) in [4.78, 5) is 0. The summed E-state index contributed by atoms with van der Waals surface area (Å²) in [5, 5.41) is 0. The molecule has 0 atom stereocenters. The molecule has 21 heavy (non-hydrogen) atoms. The van der Waals surface area contributed by atoms with Crippen molar-refractivity contribution < 1.29 is 4.74 Å². The van der Waals surface area contributed by atoms with E-state index < -0.39 is 0 Å². The number of hydrogen-bond acceptors (Lipinski definition) is 1. The summed E-state index contributed by atoms with van der Waals surface area (Å²) in [5.41, 5.74) is 1.49. The van der Waals surface area contributed by atoms with Crippen molar-refractivity contribution in [2.75, 3.05) is 13.2 Å². The van der Waals surface area contributed by atoms with Gasteiger partial charge in [-0.1, -0.05) is 81.7 Å². The fourth-order valence-corrected chi connectivity index (χ4v) is 2.74. The molecule has 0 saturated carbocycles. The topological polar surface area (TPSA) is 9.23 Å². The lowest BCUT2D eigenvalue weighted by molar-refractivity contribution is 0.143. The maximum absolute atomic E-state index is 5.35. The molecule has 1 nitrogen and oxygen atoms in total. The van der Waals surface area contributed by atoms with Crippen LogP contribution < -0.4 is 0 Å². The number of hydrogen-bond donors (Lipinski definition) is 0. The monoisotopic (exact) mass is 290 g/mol. The summed E-state index contributed by atoms with van der Waals surface area (Å²) < 4.78 is 5.35. The van der Waals surface area contributed by atoms with Gasteiger partial charge in [0.15, 0.2) is 0 Å². The second kappa shape index (κ2) is 14.1. The Hall–Kier alpha value is -0.820. The molecule has 0 unspecified atom stereocenters. The highest BCUT2D eigenvalue weighted by Gasteiger charge is 1.95. The van der Waals surface area contributed by atoms with Crippen LogP contribution in [0.25, 0.3) is 0 Å². The highest BCUT2D eigenvalue weighted by molar-refractivity contribution is 5.14. The van der Waals surface area contributed by atoms with Crippen molar-refractivity contribution in [2.45, 2.75) is 77.6 Å². The fraction of sp³-hybridized carbons (Fsp3) is 0.700. The third kappa shape index (κ3) is 11.5. The lowest BCUT2D eigenvalue weighted by atomic mass is 10.0. The van der Waals surface area contributed by atoms with Gasteiger partial charge in [0.05, 0.1) is 0 Å². The zero-order valence-corrected chi connectivity index (χ0v) is 14.0. The molecule has 0 spiro atoms. The Bertz CT molecular complexity index is 307. The summed E-state index contributed by atoms with van der Waals surface area (Å²) in [5.74, 6) is 0. The number of rotatable bonds is 14. The minimum atomic E-state index is 0.865. The molecule has 1 heteroatoms. The highest BCUT2D eigenvalue weighted by atomic mass is 16.5. The summed E-state index contributed by atoms with van der Waals surface area (Å²) in [6.07, 6.45) is 15.1.